The van der Waals surface area contributed by atoms with E-state index in [1.807, 2.05) is 30.3 Å². The number of nitrogens with one attached hydrogen (secondary N) is 3. The fourth-order valence-electron chi connectivity index (χ4n) is 4.51. The number of aromatic nitrogens is 1. The highest BCUT2D eigenvalue weighted by Crippen LogP contribution is 2.35. The predicted octanol–water partition coefficient (Wildman–Crippen LogP) is 4.89. The number of benzene rings is 2. The van der Waals surface area contributed by atoms with Crippen molar-refractivity contribution >= 4 is 34.5 Å². The van der Waals surface area contributed by atoms with Gasteiger partial charge in [-0.15, -0.1) is 0 Å². The normalized spacial score (nSPS) is 17.7. The lowest BCUT2D eigenvalue weighted by atomic mass is 9.91. The van der Waals surface area contributed by atoms with Crippen molar-refractivity contribution in [2.45, 2.75) is 51.2 Å². The van der Waals surface area contributed by atoms with Gasteiger partial charge in [0.25, 0.3) is 12.3 Å². The van der Waals surface area contributed by atoms with Crippen LogP contribution in [0.25, 0.3) is 10.9 Å². The second kappa shape index (κ2) is 10.6. The number of alkyl halides is 2. The van der Waals surface area contributed by atoms with E-state index in [2.05, 4.69) is 15.6 Å². The number of nitrogens with zero attached hydrogens (tertiary/aromatic N) is 1. The van der Waals surface area contributed by atoms with Gasteiger partial charge in [-0.25, -0.2) is 13.6 Å². The Kier molecular flexibility index (Phi) is 7.47. The molecule has 1 aromatic heterocycles. The molecule has 196 valence electrons. The van der Waals surface area contributed by atoms with Crippen LogP contribution in [0.5, 0.6) is 0 Å². The molecule has 4 rings (SSSR count). The number of rotatable bonds is 6. The van der Waals surface area contributed by atoms with Crippen molar-refractivity contribution in [2.75, 3.05) is 18.4 Å². The van der Waals surface area contributed by atoms with Crippen molar-refractivity contribution in [3.05, 3.63) is 65.9 Å². The van der Waals surface area contributed by atoms with Crippen LogP contribution in [0.2, 0.25) is 0 Å². The van der Waals surface area contributed by atoms with E-state index in [-0.39, 0.29) is 17.5 Å². The molecule has 0 aliphatic carbocycles. The SMILES string of the molecule is CC(C)(C)OC(=O)N1CC[C@H](c2ccccc2)C1C(=O)Nc1ccc2[nH]c(C(=O)NCC(F)F)cc2c1. The van der Waals surface area contributed by atoms with E-state index in [0.717, 1.165) is 5.56 Å². The molecule has 2 aromatic carbocycles. The third kappa shape index (κ3) is 6.25. The van der Waals surface area contributed by atoms with E-state index < -0.39 is 36.6 Å². The zero-order chi connectivity index (χ0) is 26.7. The first-order chi connectivity index (χ1) is 17.5. The molecule has 3 amide bonds. The van der Waals surface area contributed by atoms with Crippen LogP contribution >= 0.6 is 0 Å². The van der Waals surface area contributed by atoms with Crippen LogP contribution in [0.15, 0.2) is 54.6 Å². The Hall–Kier alpha value is -3.95. The van der Waals surface area contributed by atoms with E-state index in [9.17, 15) is 23.2 Å². The Labute approximate surface area is 213 Å². The Balaban J connectivity index is 1.56. The van der Waals surface area contributed by atoms with Gasteiger partial charge in [0.1, 0.15) is 17.3 Å². The molecule has 0 spiro atoms. The second-order valence-corrected chi connectivity index (χ2v) is 10.00. The molecule has 0 bridgehead atoms. The number of hydrogen-bond acceptors (Lipinski definition) is 4. The summed E-state index contributed by atoms with van der Waals surface area (Å²) in [5.74, 6) is -1.22. The molecule has 37 heavy (non-hydrogen) atoms. The summed E-state index contributed by atoms with van der Waals surface area (Å²) in [6.45, 7) is 4.96. The molecule has 3 N–H and O–H groups in total. The highest BCUT2D eigenvalue weighted by atomic mass is 19.3. The molecule has 1 unspecified atom stereocenters. The van der Waals surface area contributed by atoms with Crippen LogP contribution in [0.1, 0.15) is 49.2 Å². The maximum absolute atomic E-state index is 13.6. The second-order valence-electron chi connectivity index (χ2n) is 10.00. The van der Waals surface area contributed by atoms with Crippen LogP contribution < -0.4 is 10.6 Å². The lowest BCUT2D eigenvalue weighted by molar-refractivity contribution is -0.120. The third-order valence-electron chi connectivity index (χ3n) is 6.07. The topological polar surface area (TPSA) is 104 Å². The minimum atomic E-state index is -2.65. The average Bonchev–Trinajstić information content (AvgIpc) is 3.46. The number of hydrogen-bond donors (Lipinski definition) is 3. The zero-order valence-corrected chi connectivity index (χ0v) is 20.9. The van der Waals surface area contributed by atoms with Gasteiger partial charge in [0.15, 0.2) is 0 Å². The standard InChI is InChI=1S/C27H30F2N4O4/c1-27(2,3)37-26(36)33-12-11-19(16-7-5-4-6-8-16)23(33)25(35)31-18-9-10-20-17(13-18)14-21(32-20)24(34)30-15-22(28)29/h4-10,13-14,19,22-23,32H,11-12,15H2,1-3H3,(H,30,34)(H,31,35)/t19-,23?/m1/s1. The molecule has 1 saturated heterocycles. The smallest absolute Gasteiger partial charge is 0.410 e. The van der Waals surface area contributed by atoms with E-state index in [1.165, 1.54) is 11.0 Å². The minimum absolute atomic E-state index is 0.134. The fraction of sp³-hybridized carbons (Fsp3) is 0.370. The number of amides is 3. The number of likely N-dealkylation sites (tertiary alicyclic amines) is 1. The molecule has 1 fully saturated rings. The molecule has 0 radical (unpaired) electrons. The van der Waals surface area contributed by atoms with E-state index in [4.69, 9.17) is 4.74 Å². The maximum atomic E-state index is 13.6. The van der Waals surface area contributed by atoms with Crippen molar-refractivity contribution in [3.8, 4) is 0 Å². The molecule has 1 aliphatic rings. The van der Waals surface area contributed by atoms with Crippen molar-refractivity contribution in [1.82, 2.24) is 15.2 Å². The third-order valence-corrected chi connectivity index (χ3v) is 6.07. The van der Waals surface area contributed by atoms with Gasteiger partial charge in [-0.2, -0.15) is 0 Å². The summed E-state index contributed by atoms with van der Waals surface area (Å²) < 4.78 is 30.4. The van der Waals surface area contributed by atoms with Crippen LogP contribution in [-0.4, -0.2) is 58.9 Å². The van der Waals surface area contributed by atoms with E-state index >= 15 is 0 Å². The van der Waals surface area contributed by atoms with Gasteiger partial charge < -0.3 is 20.4 Å². The van der Waals surface area contributed by atoms with Gasteiger partial charge in [-0.3, -0.25) is 14.5 Å². The molecule has 8 nitrogen and oxygen atoms in total. The van der Waals surface area contributed by atoms with Gasteiger partial charge in [0, 0.05) is 29.1 Å². The summed E-state index contributed by atoms with van der Waals surface area (Å²) >= 11 is 0. The largest absolute Gasteiger partial charge is 0.444 e. The Morgan fingerprint density at radius 1 is 1.11 bits per heavy atom. The zero-order valence-electron chi connectivity index (χ0n) is 20.9. The number of aromatic amines is 1. The summed E-state index contributed by atoms with van der Waals surface area (Å²) in [6.07, 6.45) is -2.59. The number of carbonyl (C=O) groups excluding carboxylic acids is 3. The fourth-order valence-corrected chi connectivity index (χ4v) is 4.51. The molecule has 1 aliphatic heterocycles. The first-order valence-electron chi connectivity index (χ1n) is 12.1. The first-order valence-corrected chi connectivity index (χ1v) is 12.1. The number of anilines is 1. The minimum Gasteiger partial charge on any atom is -0.444 e. The summed E-state index contributed by atoms with van der Waals surface area (Å²) in [5.41, 5.74) is 1.46. The van der Waals surface area contributed by atoms with E-state index in [1.54, 1.807) is 39.0 Å². The number of ether oxygens (including phenoxy) is 1. The van der Waals surface area contributed by atoms with Crippen molar-refractivity contribution in [2.24, 2.45) is 0 Å². The van der Waals surface area contributed by atoms with Crippen molar-refractivity contribution in [3.63, 3.8) is 0 Å². The molecule has 2 heterocycles. The van der Waals surface area contributed by atoms with Gasteiger partial charge in [0.05, 0.1) is 6.54 Å². The van der Waals surface area contributed by atoms with Crippen LogP contribution in [0.4, 0.5) is 19.3 Å². The lowest BCUT2D eigenvalue weighted by Crippen LogP contribution is -2.47. The van der Waals surface area contributed by atoms with Gasteiger partial charge >= 0.3 is 6.09 Å². The van der Waals surface area contributed by atoms with E-state index in [0.29, 0.717) is 29.6 Å². The summed E-state index contributed by atoms with van der Waals surface area (Å²) in [7, 11) is 0. The number of fused-ring (bicyclic) bond motifs is 1. The van der Waals surface area contributed by atoms with Crippen molar-refractivity contribution < 1.29 is 27.9 Å². The summed E-state index contributed by atoms with van der Waals surface area (Å²) in [4.78, 5) is 43.0. The van der Waals surface area contributed by atoms with Crippen LogP contribution in [0.3, 0.4) is 0 Å². The number of carbonyl (C=O) groups is 3. The van der Waals surface area contributed by atoms with Crippen molar-refractivity contribution in [1.29, 1.82) is 0 Å². The average molecular weight is 513 g/mol. The highest BCUT2D eigenvalue weighted by Gasteiger charge is 2.44. The highest BCUT2D eigenvalue weighted by molar-refractivity contribution is 6.01. The molecular weight excluding hydrogens is 482 g/mol. The van der Waals surface area contributed by atoms with Gasteiger partial charge in [-0.05, 0) is 57.0 Å². The molecular formula is C27H30F2N4O4. The number of H-pyrrole nitrogens is 1. The maximum Gasteiger partial charge on any atom is 0.410 e. The molecule has 2 atom stereocenters. The Morgan fingerprint density at radius 3 is 2.51 bits per heavy atom. The summed E-state index contributed by atoms with van der Waals surface area (Å²) in [5, 5.41) is 5.68. The Morgan fingerprint density at radius 2 is 1.84 bits per heavy atom. The van der Waals surface area contributed by atoms with Gasteiger partial charge in [0.2, 0.25) is 5.91 Å². The predicted molar refractivity (Wildman–Crippen MR) is 136 cm³/mol. The van der Waals surface area contributed by atoms with Crippen LogP contribution in [-0.2, 0) is 9.53 Å². The number of halogens is 2. The quantitative estimate of drug-likeness (QED) is 0.437. The molecule has 0 saturated carbocycles. The molecule has 10 heteroatoms. The Bertz CT molecular complexity index is 1290. The summed E-state index contributed by atoms with van der Waals surface area (Å²) in [6, 6.07) is 15.4. The van der Waals surface area contributed by atoms with Crippen LogP contribution in [0, 0.1) is 0 Å². The lowest BCUT2D eigenvalue weighted by Gasteiger charge is -2.30. The molecule has 3 aromatic rings. The monoisotopic (exact) mass is 512 g/mol. The van der Waals surface area contributed by atoms with Gasteiger partial charge in [-0.1, -0.05) is 30.3 Å². The first kappa shape index (κ1) is 26.1.